The van der Waals surface area contributed by atoms with Crippen LogP contribution in [0.1, 0.15) is 11.8 Å². The molecule has 0 amide bonds. The summed E-state index contributed by atoms with van der Waals surface area (Å²) in [6.07, 6.45) is 0.0209. The van der Waals surface area contributed by atoms with E-state index in [1.807, 2.05) is 38.4 Å². The van der Waals surface area contributed by atoms with Crippen molar-refractivity contribution in [1.29, 1.82) is 0 Å². The van der Waals surface area contributed by atoms with E-state index in [2.05, 4.69) is 54.6 Å². The third kappa shape index (κ3) is 3.66. The average molecular weight is 407 g/mol. The number of nitrogens with one attached hydrogen (secondary N) is 2. The number of nitrogens with zero attached hydrogens (tertiary/aromatic N) is 4. The topological polar surface area (TPSA) is 79.0 Å². The molecule has 5 rings (SSSR count). The van der Waals surface area contributed by atoms with Gasteiger partial charge in [0.1, 0.15) is 11.7 Å². The Kier molecular flexibility index (Phi) is 4.83. The quantitative estimate of drug-likeness (QED) is 0.492. The van der Waals surface area contributed by atoms with Gasteiger partial charge in [0.05, 0.1) is 6.10 Å². The minimum atomic E-state index is -0.0768. The van der Waals surface area contributed by atoms with Gasteiger partial charge in [0.15, 0.2) is 5.65 Å². The van der Waals surface area contributed by atoms with Crippen molar-refractivity contribution in [2.45, 2.75) is 17.5 Å². The van der Waals surface area contributed by atoms with Crippen LogP contribution in [0.4, 0.5) is 5.69 Å². The van der Waals surface area contributed by atoms with E-state index in [0.29, 0.717) is 5.16 Å². The number of thioether (sulfide) groups is 1. The van der Waals surface area contributed by atoms with Crippen LogP contribution in [-0.2, 0) is 4.74 Å². The highest BCUT2D eigenvalue weighted by molar-refractivity contribution is 7.99. The number of para-hydroxylation sites is 1. The van der Waals surface area contributed by atoms with Crippen molar-refractivity contribution in [2.24, 2.45) is 0 Å². The van der Waals surface area contributed by atoms with Gasteiger partial charge in [0.25, 0.3) is 0 Å². The second-order valence-electron chi connectivity index (χ2n) is 7.31. The third-order valence-electron chi connectivity index (χ3n) is 5.07. The maximum atomic E-state index is 6.18. The van der Waals surface area contributed by atoms with Crippen LogP contribution in [-0.4, -0.2) is 52.7 Å². The monoisotopic (exact) mass is 406 g/mol. The summed E-state index contributed by atoms with van der Waals surface area (Å²) >= 11 is 1.57. The van der Waals surface area contributed by atoms with Gasteiger partial charge in [0, 0.05) is 43.0 Å². The van der Waals surface area contributed by atoms with E-state index in [1.165, 1.54) is 5.69 Å². The summed E-state index contributed by atoms with van der Waals surface area (Å²) in [5.41, 5.74) is 4.92. The van der Waals surface area contributed by atoms with Crippen LogP contribution < -0.4 is 10.2 Å². The van der Waals surface area contributed by atoms with E-state index in [4.69, 9.17) is 4.74 Å². The van der Waals surface area contributed by atoms with Crippen molar-refractivity contribution in [3.8, 4) is 0 Å². The lowest BCUT2D eigenvalue weighted by atomic mass is 10.2. The van der Waals surface area contributed by atoms with Crippen LogP contribution in [0.25, 0.3) is 22.1 Å². The molecule has 0 bridgehead atoms. The first-order chi connectivity index (χ1) is 14.2. The summed E-state index contributed by atoms with van der Waals surface area (Å²) in [7, 11) is 4.08. The molecule has 1 fully saturated rings. The third-order valence-corrected chi connectivity index (χ3v) is 6.04. The summed E-state index contributed by atoms with van der Waals surface area (Å²) in [6.45, 7) is 0.801. The Hall–Kier alpha value is -2.68. The molecule has 1 aliphatic rings. The highest BCUT2D eigenvalue weighted by Gasteiger charge is 2.26. The Bertz CT molecular complexity index is 1140. The molecule has 2 aromatic heterocycles. The summed E-state index contributed by atoms with van der Waals surface area (Å²) in [5, 5.41) is 13.8. The molecular weight excluding hydrogens is 384 g/mol. The second kappa shape index (κ2) is 7.62. The largest absolute Gasteiger partial charge is 0.378 e. The fourth-order valence-electron chi connectivity index (χ4n) is 3.50. The number of anilines is 1. The van der Waals surface area contributed by atoms with Gasteiger partial charge in [-0.05, 0) is 23.8 Å². The Morgan fingerprint density at radius 2 is 1.93 bits per heavy atom. The van der Waals surface area contributed by atoms with Crippen molar-refractivity contribution in [1.82, 2.24) is 25.5 Å². The number of hydrogen-bond donors (Lipinski definition) is 2. The lowest BCUT2D eigenvalue weighted by molar-refractivity contribution is 0.0534. The number of ether oxygens (including phenoxy) is 1. The van der Waals surface area contributed by atoms with Gasteiger partial charge in [-0.3, -0.25) is 5.32 Å². The van der Waals surface area contributed by atoms with Crippen molar-refractivity contribution < 1.29 is 4.74 Å². The predicted molar refractivity (Wildman–Crippen MR) is 116 cm³/mol. The highest BCUT2D eigenvalue weighted by Crippen LogP contribution is 2.27. The first-order valence-corrected chi connectivity index (χ1v) is 10.6. The molecule has 0 spiro atoms. The standard InChI is InChI=1S/C21H22N6OS/c1-27(2)14-9-7-13(8-10-14)20-22-11-15(28-20)12-29-21-24-19-18(25-26-21)16-5-3-4-6-17(16)23-19/h3-10,15,20,22H,11-12H2,1-2H3,(H,23,24,26). The zero-order chi connectivity index (χ0) is 19.8. The highest BCUT2D eigenvalue weighted by atomic mass is 32.2. The van der Waals surface area contributed by atoms with Crippen LogP contribution in [0.15, 0.2) is 53.7 Å². The Labute approximate surface area is 172 Å². The molecule has 8 heteroatoms. The SMILES string of the molecule is CN(C)c1ccc(C2NCC(CSc3nnc4c(n3)[nH]c3ccccc34)O2)cc1. The van der Waals surface area contributed by atoms with E-state index in [0.717, 1.165) is 39.9 Å². The van der Waals surface area contributed by atoms with Gasteiger partial charge < -0.3 is 14.6 Å². The van der Waals surface area contributed by atoms with Gasteiger partial charge >= 0.3 is 0 Å². The number of hydrogen-bond acceptors (Lipinski definition) is 7. The second-order valence-corrected chi connectivity index (χ2v) is 8.29. The maximum absolute atomic E-state index is 6.18. The van der Waals surface area contributed by atoms with E-state index in [1.54, 1.807) is 11.8 Å². The zero-order valence-electron chi connectivity index (χ0n) is 16.3. The van der Waals surface area contributed by atoms with Crippen LogP contribution >= 0.6 is 11.8 Å². The van der Waals surface area contributed by atoms with Gasteiger partial charge in [-0.1, -0.05) is 42.1 Å². The number of fused-ring (bicyclic) bond motifs is 3. The normalized spacial score (nSPS) is 19.2. The van der Waals surface area contributed by atoms with Crippen LogP contribution in [0.2, 0.25) is 0 Å². The van der Waals surface area contributed by atoms with E-state index in [-0.39, 0.29) is 12.3 Å². The Morgan fingerprint density at radius 1 is 1.10 bits per heavy atom. The molecule has 3 heterocycles. The van der Waals surface area contributed by atoms with Crippen molar-refractivity contribution in [2.75, 3.05) is 31.3 Å². The van der Waals surface area contributed by atoms with Crippen molar-refractivity contribution in [3.05, 3.63) is 54.1 Å². The fourth-order valence-corrected chi connectivity index (χ4v) is 4.29. The summed E-state index contributed by atoms with van der Waals surface area (Å²) in [6, 6.07) is 16.5. The van der Waals surface area contributed by atoms with Crippen LogP contribution in [0, 0.1) is 0 Å². The molecule has 29 heavy (non-hydrogen) atoms. The van der Waals surface area contributed by atoms with Crippen LogP contribution in [0.5, 0.6) is 0 Å². The average Bonchev–Trinajstić information content (AvgIpc) is 3.36. The Morgan fingerprint density at radius 3 is 2.76 bits per heavy atom. The zero-order valence-corrected chi connectivity index (χ0v) is 17.1. The summed E-state index contributed by atoms with van der Waals surface area (Å²) < 4.78 is 6.18. The minimum Gasteiger partial charge on any atom is -0.378 e. The molecule has 0 radical (unpaired) electrons. The molecule has 148 valence electrons. The maximum Gasteiger partial charge on any atom is 0.211 e. The smallest absolute Gasteiger partial charge is 0.211 e. The number of H-pyrrole nitrogens is 1. The number of aromatic nitrogens is 4. The predicted octanol–water partition coefficient (Wildman–Crippen LogP) is 3.35. The van der Waals surface area contributed by atoms with E-state index in [9.17, 15) is 0 Å². The van der Waals surface area contributed by atoms with Gasteiger partial charge in [-0.2, -0.15) is 0 Å². The summed E-state index contributed by atoms with van der Waals surface area (Å²) in [4.78, 5) is 10.0. The van der Waals surface area contributed by atoms with Gasteiger partial charge in [-0.25, -0.2) is 4.98 Å². The van der Waals surface area contributed by atoms with Gasteiger partial charge in [-0.15, -0.1) is 10.2 Å². The Balaban J connectivity index is 1.23. The molecule has 0 aliphatic carbocycles. The molecule has 2 N–H and O–H groups in total. The van der Waals surface area contributed by atoms with Crippen molar-refractivity contribution >= 4 is 39.5 Å². The molecule has 2 unspecified atom stereocenters. The van der Waals surface area contributed by atoms with E-state index < -0.39 is 0 Å². The lowest BCUT2D eigenvalue weighted by Crippen LogP contribution is -2.17. The van der Waals surface area contributed by atoms with Crippen molar-refractivity contribution in [3.63, 3.8) is 0 Å². The molecule has 2 atom stereocenters. The number of benzene rings is 2. The molecule has 2 aromatic carbocycles. The van der Waals surface area contributed by atoms with Gasteiger partial charge in [0.2, 0.25) is 5.16 Å². The minimum absolute atomic E-state index is 0.0768. The molecule has 1 saturated heterocycles. The fraction of sp³-hybridized carbons (Fsp3) is 0.286. The molecule has 0 saturated carbocycles. The molecular formula is C21H22N6OS. The summed E-state index contributed by atoms with van der Waals surface area (Å²) in [5.74, 6) is 0.771. The first kappa shape index (κ1) is 18.4. The molecule has 1 aliphatic heterocycles. The van der Waals surface area contributed by atoms with E-state index >= 15 is 0 Å². The van der Waals surface area contributed by atoms with Crippen LogP contribution in [0.3, 0.4) is 0 Å². The molecule has 7 nitrogen and oxygen atoms in total. The number of rotatable bonds is 5. The lowest BCUT2D eigenvalue weighted by Gasteiger charge is -2.16. The number of aromatic amines is 1. The molecule has 4 aromatic rings. The first-order valence-electron chi connectivity index (χ1n) is 9.57.